The van der Waals surface area contributed by atoms with Crippen molar-refractivity contribution in [2.75, 3.05) is 31.2 Å². The Morgan fingerprint density at radius 3 is 1.47 bits per heavy atom. The maximum absolute atomic E-state index is 14.2. The third-order valence-corrected chi connectivity index (χ3v) is 10.8. The van der Waals surface area contributed by atoms with E-state index in [1.54, 1.807) is 30.3 Å². The van der Waals surface area contributed by atoms with Gasteiger partial charge in [0.1, 0.15) is 37.3 Å². The molecule has 1 aliphatic rings. The lowest BCUT2D eigenvalue weighted by molar-refractivity contribution is -0.140. The molecule has 1 aromatic carbocycles. The molecule has 1 saturated heterocycles. The molecule has 6 atom stereocenters. The van der Waals surface area contributed by atoms with Crippen LogP contribution in [-0.4, -0.2) is 150 Å². The van der Waals surface area contributed by atoms with Crippen LogP contribution in [0.4, 0.5) is 0 Å². The standard InChI is InChI=1S/C32H44N8O15S2/c33-17(27(50)51)6-8-21(42)37-19(25(48)35-11-23(44)45)13-56-31(10-16-4-2-1-3-5-16)29(54)40-32(15-41,30(55)39-31)57-14-20(26(49)36-12-24(46)47)38-22(43)9-7-18(34)28(52)53/h1-5,17-20,41H,6-15,33-34H2,(H,35,48)(H,36,49)(H,37,42)(H,38,43)(H,39,55)(H,40,54)(H,44,45)(H,46,47)(H,50,51)(H,52,53)/t17-,18-,19-,20-,31+,32+/m0/s1. The van der Waals surface area contributed by atoms with Crippen molar-refractivity contribution in [3.63, 3.8) is 0 Å². The fraction of sp³-hybridized carbons (Fsp3) is 0.500. The zero-order valence-electron chi connectivity index (χ0n) is 30.1. The fourth-order valence-electron chi connectivity index (χ4n) is 4.84. The van der Waals surface area contributed by atoms with Crippen LogP contribution in [-0.2, 0) is 54.4 Å². The molecule has 15 N–H and O–H groups in total. The molecule has 0 radical (unpaired) electrons. The van der Waals surface area contributed by atoms with Crippen LogP contribution in [0, 0.1) is 0 Å². The Hall–Kier alpha value is -5.50. The summed E-state index contributed by atoms with van der Waals surface area (Å²) in [6.45, 7) is -2.80. The average Bonchev–Trinajstić information content (AvgIpc) is 3.16. The number of aliphatic hydroxyl groups excluding tert-OH is 1. The predicted molar refractivity (Wildman–Crippen MR) is 199 cm³/mol. The van der Waals surface area contributed by atoms with E-state index in [0.29, 0.717) is 29.1 Å². The Bertz CT molecular complexity index is 1690. The third kappa shape index (κ3) is 15.2. The van der Waals surface area contributed by atoms with Crippen molar-refractivity contribution in [2.24, 2.45) is 11.5 Å². The molecule has 2 rings (SSSR count). The van der Waals surface area contributed by atoms with E-state index in [-0.39, 0.29) is 19.3 Å². The van der Waals surface area contributed by atoms with Crippen molar-refractivity contribution >= 4 is 82.8 Å². The van der Waals surface area contributed by atoms with E-state index >= 15 is 0 Å². The van der Waals surface area contributed by atoms with E-state index in [1.165, 1.54) is 0 Å². The smallest absolute Gasteiger partial charge is 0.322 e. The number of thioether (sulfide) groups is 2. The number of carbonyl (C=O) groups excluding carboxylic acids is 6. The number of aliphatic hydroxyl groups is 1. The van der Waals surface area contributed by atoms with Crippen LogP contribution in [0.1, 0.15) is 31.2 Å². The zero-order chi connectivity index (χ0) is 42.9. The predicted octanol–water partition coefficient (Wildman–Crippen LogP) is -4.92. The molecule has 0 spiro atoms. The zero-order valence-corrected chi connectivity index (χ0v) is 31.7. The second kappa shape index (κ2) is 22.3. The fourth-order valence-corrected chi connectivity index (χ4v) is 7.27. The van der Waals surface area contributed by atoms with Crippen LogP contribution < -0.4 is 43.4 Å². The summed E-state index contributed by atoms with van der Waals surface area (Å²) in [5.41, 5.74) is 11.4. The number of aliphatic carboxylic acids is 4. The monoisotopic (exact) mass is 844 g/mol. The summed E-state index contributed by atoms with van der Waals surface area (Å²) in [7, 11) is 0. The number of amides is 6. The summed E-state index contributed by atoms with van der Waals surface area (Å²) in [5, 5.41) is 60.5. The van der Waals surface area contributed by atoms with Gasteiger partial charge in [-0.25, -0.2) is 0 Å². The summed E-state index contributed by atoms with van der Waals surface area (Å²) < 4.78 is 0. The summed E-state index contributed by atoms with van der Waals surface area (Å²) in [4.78, 5) is 120. The summed E-state index contributed by atoms with van der Waals surface area (Å²) in [5.74, 6) is -12.4. The number of rotatable bonds is 25. The third-order valence-electron chi connectivity index (χ3n) is 8.01. The molecular weight excluding hydrogens is 801 g/mol. The van der Waals surface area contributed by atoms with E-state index in [0.717, 1.165) is 0 Å². The largest absolute Gasteiger partial charge is 0.480 e. The van der Waals surface area contributed by atoms with Gasteiger partial charge in [-0.3, -0.25) is 47.9 Å². The molecule has 0 aliphatic carbocycles. The van der Waals surface area contributed by atoms with Crippen LogP contribution in [0.15, 0.2) is 30.3 Å². The molecule has 314 valence electrons. The van der Waals surface area contributed by atoms with Gasteiger partial charge in [0.25, 0.3) is 11.8 Å². The Labute approximate surface area is 332 Å². The van der Waals surface area contributed by atoms with Gasteiger partial charge >= 0.3 is 23.9 Å². The van der Waals surface area contributed by atoms with Crippen molar-refractivity contribution in [3.8, 4) is 0 Å². The Balaban J connectivity index is 2.40. The van der Waals surface area contributed by atoms with Crippen molar-refractivity contribution in [1.29, 1.82) is 0 Å². The van der Waals surface area contributed by atoms with Crippen LogP contribution in [0.5, 0.6) is 0 Å². The number of hydrogen-bond acceptors (Lipinski definition) is 15. The minimum atomic E-state index is -2.23. The summed E-state index contributed by atoms with van der Waals surface area (Å²) in [6, 6.07) is 2.22. The van der Waals surface area contributed by atoms with Crippen LogP contribution >= 0.6 is 23.5 Å². The first-order valence-corrected chi connectivity index (χ1v) is 18.8. The molecule has 0 aromatic heterocycles. The normalized spacial score (nSPS) is 19.6. The van der Waals surface area contributed by atoms with E-state index in [4.69, 9.17) is 31.9 Å². The first kappa shape index (κ1) is 47.7. The molecule has 0 unspecified atom stereocenters. The van der Waals surface area contributed by atoms with Gasteiger partial charge in [-0.1, -0.05) is 30.3 Å². The second-order valence-corrected chi connectivity index (χ2v) is 15.1. The topological polar surface area (TPSA) is 396 Å². The number of carboxylic acids is 4. The lowest BCUT2D eigenvalue weighted by atomic mass is 10.0. The molecule has 1 aromatic rings. The number of nitrogens with two attached hydrogens (primary N) is 2. The first-order chi connectivity index (χ1) is 26.7. The van der Waals surface area contributed by atoms with E-state index in [1.807, 2.05) is 0 Å². The minimum absolute atomic E-state index is 0.248. The quantitative estimate of drug-likeness (QED) is 0.0438. The molecule has 23 nitrogen and oxygen atoms in total. The van der Waals surface area contributed by atoms with E-state index in [2.05, 4.69) is 31.9 Å². The molecule has 25 heteroatoms. The number of benzene rings is 1. The van der Waals surface area contributed by atoms with Crippen molar-refractivity contribution < 1.29 is 73.5 Å². The Morgan fingerprint density at radius 1 is 0.667 bits per heavy atom. The van der Waals surface area contributed by atoms with Crippen LogP contribution in [0.3, 0.4) is 0 Å². The number of carbonyl (C=O) groups is 10. The van der Waals surface area contributed by atoms with Gasteiger partial charge in [-0.15, -0.1) is 23.5 Å². The van der Waals surface area contributed by atoms with E-state index < -0.39 is 137 Å². The summed E-state index contributed by atoms with van der Waals surface area (Å²) >= 11 is 1.14. The molecule has 1 fully saturated rings. The molecule has 0 saturated carbocycles. The minimum Gasteiger partial charge on any atom is -0.480 e. The second-order valence-electron chi connectivity index (χ2n) is 12.4. The van der Waals surface area contributed by atoms with Crippen molar-refractivity contribution in [1.82, 2.24) is 31.9 Å². The van der Waals surface area contributed by atoms with Crippen molar-refractivity contribution in [2.45, 2.75) is 66.0 Å². The van der Waals surface area contributed by atoms with Gasteiger partial charge < -0.3 is 68.9 Å². The van der Waals surface area contributed by atoms with Gasteiger partial charge in [-0.05, 0) is 18.4 Å². The van der Waals surface area contributed by atoms with Gasteiger partial charge in [-0.2, -0.15) is 0 Å². The first-order valence-electron chi connectivity index (χ1n) is 16.9. The molecule has 1 aliphatic heterocycles. The lowest BCUT2D eigenvalue weighted by Gasteiger charge is -2.45. The number of nitrogens with one attached hydrogen (secondary N) is 6. The highest BCUT2D eigenvalue weighted by Gasteiger charge is 2.55. The number of piperazine rings is 1. The molecule has 0 bridgehead atoms. The highest BCUT2D eigenvalue weighted by molar-refractivity contribution is 8.02. The highest BCUT2D eigenvalue weighted by atomic mass is 32.2. The van der Waals surface area contributed by atoms with Crippen LogP contribution in [0.2, 0.25) is 0 Å². The summed E-state index contributed by atoms with van der Waals surface area (Å²) in [6.07, 6.45) is -1.81. The molecule has 6 amide bonds. The maximum atomic E-state index is 14.2. The van der Waals surface area contributed by atoms with Gasteiger partial charge in [0.2, 0.25) is 23.6 Å². The van der Waals surface area contributed by atoms with Gasteiger partial charge in [0.05, 0.1) is 6.61 Å². The Kier molecular flexibility index (Phi) is 18.6. The van der Waals surface area contributed by atoms with E-state index in [9.17, 15) is 53.1 Å². The SMILES string of the molecule is N[C@@H](CCC(=O)N[C@@H](CS[C@@]1(CO)NC(=O)[C@@](Cc2ccccc2)(SC[C@H](NC(=O)CC[C@H](N)C(=O)O)C(=O)NCC(=O)O)NC1=O)C(=O)NCC(=O)O)C(=O)O. The number of carboxylic acid groups (broad SMARTS) is 4. The van der Waals surface area contributed by atoms with Crippen molar-refractivity contribution in [3.05, 3.63) is 35.9 Å². The molecule has 57 heavy (non-hydrogen) atoms. The lowest BCUT2D eigenvalue weighted by Crippen LogP contribution is -2.75. The van der Waals surface area contributed by atoms with Crippen LogP contribution in [0.25, 0.3) is 0 Å². The Morgan fingerprint density at radius 2 is 1.07 bits per heavy atom. The molecule has 1 heterocycles. The maximum Gasteiger partial charge on any atom is 0.322 e. The van der Waals surface area contributed by atoms with Gasteiger partial charge in [0, 0.05) is 30.8 Å². The molecular formula is C32H44N8O15S2. The number of hydrogen-bond donors (Lipinski definition) is 13. The average molecular weight is 845 g/mol. The highest BCUT2D eigenvalue weighted by Crippen LogP contribution is 2.36. The van der Waals surface area contributed by atoms with Gasteiger partial charge in [0.15, 0.2) is 9.74 Å².